The number of halogens is 4. The quantitative estimate of drug-likeness (QED) is 0.435. The zero-order chi connectivity index (χ0) is 24.1. The first-order valence-electron chi connectivity index (χ1n) is 8.96. The van der Waals surface area contributed by atoms with Crippen LogP contribution >= 0.6 is 0 Å². The van der Waals surface area contributed by atoms with Gasteiger partial charge < -0.3 is 14.8 Å². The number of alkyl halides is 4. The predicted octanol–water partition coefficient (Wildman–Crippen LogP) is 4.10. The third kappa shape index (κ3) is 6.69. The van der Waals surface area contributed by atoms with Gasteiger partial charge in [0.15, 0.2) is 0 Å². The molecule has 174 valence electrons. The van der Waals surface area contributed by atoms with Crippen LogP contribution in [0.1, 0.15) is 11.1 Å². The summed E-state index contributed by atoms with van der Waals surface area (Å²) in [5, 5.41) is 2.51. The lowest BCUT2D eigenvalue weighted by molar-refractivity contribution is -0.111. The minimum Gasteiger partial charge on any atom is -0.435 e. The molecule has 0 spiro atoms. The second-order valence-corrected chi connectivity index (χ2v) is 8.70. The number of amides is 1. The average molecular weight is 476 g/mol. The van der Waals surface area contributed by atoms with Crippen molar-refractivity contribution >= 4 is 27.7 Å². The third-order valence-electron chi connectivity index (χ3n) is 4.09. The van der Waals surface area contributed by atoms with Crippen molar-refractivity contribution in [2.24, 2.45) is 0 Å². The second-order valence-electron chi connectivity index (χ2n) is 6.54. The molecule has 0 radical (unpaired) electrons. The number of nitrogens with zero attached hydrogens (tertiary/aromatic N) is 1. The molecular weight excluding hydrogens is 456 g/mol. The molecule has 0 aliphatic heterocycles. The number of benzene rings is 2. The van der Waals surface area contributed by atoms with Crippen LogP contribution in [0.25, 0.3) is 6.08 Å². The lowest BCUT2D eigenvalue weighted by Gasteiger charge is -2.14. The number of rotatable bonds is 9. The molecule has 7 nitrogen and oxygen atoms in total. The van der Waals surface area contributed by atoms with Crippen molar-refractivity contribution < 1.29 is 40.2 Å². The Balaban J connectivity index is 2.25. The Labute approximate surface area is 182 Å². The van der Waals surface area contributed by atoms with Gasteiger partial charge in [0.1, 0.15) is 11.5 Å². The number of carbonyl (C=O) groups excluding carboxylic acids is 1. The summed E-state index contributed by atoms with van der Waals surface area (Å²) in [5.41, 5.74) is 0.815. The van der Waals surface area contributed by atoms with Crippen LogP contribution in [0.4, 0.5) is 23.2 Å². The second kappa shape index (κ2) is 10.5. The van der Waals surface area contributed by atoms with Gasteiger partial charge in [0, 0.05) is 37.5 Å². The van der Waals surface area contributed by atoms with Gasteiger partial charge in [-0.3, -0.25) is 4.79 Å². The van der Waals surface area contributed by atoms with Gasteiger partial charge in [0.25, 0.3) is 0 Å². The van der Waals surface area contributed by atoms with Crippen LogP contribution in [-0.2, 0) is 14.8 Å². The van der Waals surface area contributed by atoms with E-state index in [4.69, 9.17) is 0 Å². The first-order valence-corrected chi connectivity index (χ1v) is 10.4. The fraction of sp³-hybridized carbons (Fsp3) is 0.250. The number of aryl methyl sites for hydroxylation is 1. The molecule has 0 saturated carbocycles. The van der Waals surface area contributed by atoms with Gasteiger partial charge in [-0.25, -0.2) is 12.7 Å². The van der Waals surface area contributed by atoms with E-state index in [9.17, 15) is 30.8 Å². The molecule has 0 atom stereocenters. The molecular formula is C20H20F4N2O5S. The van der Waals surface area contributed by atoms with E-state index < -0.39 is 40.7 Å². The highest BCUT2D eigenvalue weighted by molar-refractivity contribution is 7.89. The van der Waals surface area contributed by atoms with Crippen molar-refractivity contribution in [2.45, 2.75) is 25.0 Å². The first-order chi connectivity index (χ1) is 14.9. The van der Waals surface area contributed by atoms with E-state index in [1.807, 2.05) is 0 Å². The molecule has 0 heterocycles. The Morgan fingerprint density at radius 2 is 1.69 bits per heavy atom. The largest absolute Gasteiger partial charge is 0.435 e. The number of carbonyl (C=O) groups is 1. The summed E-state index contributed by atoms with van der Waals surface area (Å²) in [6.45, 7) is -4.74. The Bertz CT molecular complexity index is 1110. The molecule has 0 bridgehead atoms. The van der Waals surface area contributed by atoms with Crippen LogP contribution in [0.15, 0.2) is 47.4 Å². The van der Waals surface area contributed by atoms with E-state index in [2.05, 4.69) is 14.8 Å². The van der Waals surface area contributed by atoms with E-state index in [1.54, 1.807) is 6.92 Å². The number of hydrogen-bond acceptors (Lipinski definition) is 5. The third-order valence-corrected chi connectivity index (χ3v) is 5.90. The highest BCUT2D eigenvalue weighted by atomic mass is 32.2. The monoisotopic (exact) mass is 476 g/mol. The van der Waals surface area contributed by atoms with Gasteiger partial charge in [-0.2, -0.15) is 17.6 Å². The van der Waals surface area contributed by atoms with Gasteiger partial charge in [-0.1, -0.05) is 6.07 Å². The Hall–Kier alpha value is -3.12. The van der Waals surface area contributed by atoms with Crippen molar-refractivity contribution in [3.05, 3.63) is 53.6 Å². The number of hydrogen-bond donors (Lipinski definition) is 1. The maximum Gasteiger partial charge on any atom is 0.387 e. The molecule has 0 unspecified atom stereocenters. The first kappa shape index (κ1) is 25.1. The van der Waals surface area contributed by atoms with Crippen molar-refractivity contribution in [3.63, 3.8) is 0 Å². The van der Waals surface area contributed by atoms with Crippen molar-refractivity contribution in [1.82, 2.24) is 4.31 Å². The van der Waals surface area contributed by atoms with E-state index in [1.165, 1.54) is 32.3 Å². The van der Waals surface area contributed by atoms with Crippen molar-refractivity contribution in [2.75, 3.05) is 19.4 Å². The van der Waals surface area contributed by atoms with Gasteiger partial charge in [-0.05, 0) is 42.8 Å². The number of ether oxygens (including phenoxy) is 2. The molecule has 0 aliphatic carbocycles. The standard InChI is InChI=1S/C20H20F4N2O5S/c1-12-4-8-15(32(28,29)26(2)3)11-16(12)25-18(27)9-6-13-5-7-14(30-19(21)22)10-17(13)31-20(23)24/h4-11,19-20H,1-3H3,(H,25,27)/b9-6+. The zero-order valence-corrected chi connectivity index (χ0v) is 18.0. The number of sulfonamides is 1. The van der Waals surface area contributed by atoms with E-state index in [0.29, 0.717) is 5.56 Å². The summed E-state index contributed by atoms with van der Waals surface area (Å²) in [6, 6.07) is 7.31. The molecule has 2 aromatic rings. The summed E-state index contributed by atoms with van der Waals surface area (Å²) >= 11 is 0. The highest BCUT2D eigenvalue weighted by Gasteiger charge is 2.18. The van der Waals surface area contributed by atoms with Gasteiger partial charge in [-0.15, -0.1) is 0 Å². The Kier molecular flexibility index (Phi) is 8.22. The summed E-state index contributed by atoms with van der Waals surface area (Å²) in [5.74, 6) is -1.56. The van der Waals surface area contributed by atoms with Gasteiger partial charge >= 0.3 is 13.2 Å². The zero-order valence-electron chi connectivity index (χ0n) is 17.2. The molecule has 0 saturated heterocycles. The van der Waals surface area contributed by atoms with E-state index >= 15 is 0 Å². The maximum atomic E-state index is 12.6. The minimum atomic E-state index is -3.73. The molecule has 0 fully saturated rings. The van der Waals surface area contributed by atoms with Crippen LogP contribution in [0.2, 0.25) is 0 Å². The van der Waals surface area contributed by atoms with Gasteiger partial charge in [0.2, 0.25) is 15.9 Å². The predicted molar refractivity (Wildman–Crippen MR) is 109 cm³/mol. The topological polar surface area (TPSA) is 84.9 Å². The van der Waals surface area contributed by atoms with Crippen LogP contribution in [0.3, 0.4) is 0 Å². The van der Waals surface area contributed by atoms with Gasteiger partial charge in [0.05, 0.1) is 4.90 Å². The van der Waals surface area contributed by atoms with Crippen LogP contribution in [0, 0.1) is 6.92 Å². The average Bonchev–Trinajstić information content (AvgIpc) is 2.68. The normalized spacial score (nSPS) is 12.1. The molecule has 0 aromatic heterocycles. The molecule has 1 N–H and O–H groups in total. The minimum absolute atomic E-state index is 0.00252. The molecule has 12 heteroatoms. The number of anilines is 1. The molecule has 0 aliphatic rings. The van der Waals surface area contributed by atoms with Crippen LogP contribution in [-0.4, -0.2) is 45.9 Å². The fourth-order valence-electron chi connectivity index (χ4n) is 2.47. The maximum absolute atomic E-state index is 12.6. The summed E-state index contributed by atoms with van der Waals surface area (Å²) in [4.78, 5) is 12.3. The summed E-state index contributed by atoms with van der Waals surface area (Å²) < 4.78 is 84.0. The molecule has 32 heavy (non-hydrogen) atoms. The fourth-order valence-corrected chi connectivity index (χ4v) is 3.40. The lowest BCUT2D eigenvalue weighted by Crippen LogP contribution is -2.22. The van der Waals surface area contributed by atoms with Crippen molar-refractivity contribution in [1.29, 1.82) is 0 Å². The Morgan fingerprint density at radius 1 is 1.03 bits per heavy atom. The van der Waals surface area contributed by atoms with Crippen LogP contribution in [0.5, 0.6) is 11.5 Å². The summed E-state index contributed by atoms with van der Waals surface area (Å²) in [7, 11) is -0.990. The molecule has 1 amide bonds. The van der Waals surface area contributed by atoms with E-state index in [-0.39, 0.29) is 16.1 Å². The number of nitrogens with one attached hydrogen (secondary N) is 1. The SMILES string of the molecule is Cc1ccc(S(=O)(=O)N(C)C)cc1NC(=O)/C=C/c1ccc(OC(F)F)cc1OC(F)F. The van der Waals surface area contributed by atoms with Crippen LogP contribution < -0.4 is 14.8 Å². The molecule has 2 aromatic carbocycles. The Morgan fingerprint density at radius 3 is 2.28 bits per heavy atom. The summed E-state index contributed by atoms with van der Waals surface area (Å²) in [6.07, 6.45) is 2.13. The lowest BCUT2D eigenvalue weighted by atomic mass is 10.1. The van der Waals surface area contributed by atoms with E-state index in [0.717, 1.165) is 34.7 Å². The smallest absolute Gasteiger partial charge is 0.387 e. The molecule has 2 rings (SSSR count). The van der Waals surface area contributed by atoms with Crippen molar-refractivity contribution in [3.8, 4) is 11.5 Å². The highest BCUT2D eigenvalue weighted by Crippen LogP contribution is 2.29.